The summed E-state index contributed by atoms with van der Waals surface area (Å²) in [5.41, 5.74) is 2.28. The maximum Gasteiger partial charge on any atom is 0.265 e. The van der Waals surface area contributed by atoms with Crippen LogP contribution in [0.4, 0.5) is 5.69 Å². The molecule has 148 valence electrons. The third-order valence-corrected chi connectivity index (χ3v) is 6.20. The maximum absolute atomic E-state index is 13.2. The Hall–Kier alpha value is -2.31. The number of sulfonamides is 1. The molecule has 0 radical (unpaired) electrons. The fraction of sp³-hybridized carbons (Fsp3) is 0.286. The highest BCUT2D eigenvalue weighted by molar-refractivity contribution is 7.92. The highest BCUT2D eigenvalue weighted by Gasteiger charge is 2.30. The van der Waals surface area contributed by atoms with E-state index < -0.39 is 15.4 Å². The zero-order valence-electron chi connectivity index (χ0n) is 16.4. The third kappa shape index (κ3) is 4.39. The Morgan fingerprint density at radius 3 is 2.39 bits per heavy atom. The summed E-state index contributed by atoms with van der Waals surface area (Å²) >= 11 is 6.14. The Kier molecular flexibility index (Phi) is 5.55. The molecule has 2 aromatic carbocycles. The van der Waals surface area contributed by atoms with Crippen molar-refractivity contribution in [2.24, 2.45) is 0 Å². The summed E-state index contributed by atoms with van der Waals surface area (Å²) < 4.78 is 30.7. The van der Waals surface area contributed by atoms with Crippen LogP contribution in [-0.2, 0) is 22.0 Å². The molecule has 3 aromatic rings. The van der Waals surface area contributed by atoms with E-state index >= 15 is 0 Å². The summed E-state index contributed by atoms with van der Waals surface area (Å²) in [6, 6.07) is 15.0. The lowest BCUT2D eigenvalue weighted by Crippen LogP contribution is -2.20. The number of anilines is 1. The lowest BCUT2D eigenvalue weighted by molar-refractivity contribution is 0.533. The quantitative estimate of drug-likeness (QED) is 0.635. The first kappa shape index (κ1) is 20.4. The summed E-state index contributed by atoms with van der Waals surface area (Å²) in [7, 11) is -3.83. The van der Waals surface area contributed by atoms with E-state index in [2.05, 4.69) is 9.82 Å². The van der Waals surface area contributed by atoms with E-state index in [0.29, 0.717) is 28.5 Å². The molecule has 0 spiro atoms. The minimum Gasteiger partial charge on any atom is -0.279 e. The third-order valence-electron chi connectivity index (χ3n) is 4.43. The Morgan fingerprint density at radius 2 is 1.75 bits per heavy atom. The SMILES string of the molecule is Cc1c(Cl)cccc1NS(=O)(=O)c1cn(Cc2ccccc2)nc1C(C)(C)C. The molecule has 0 atom stereocenters. The normalized spacial score (nSPS) is 12.2. The molecule has 0 saturated carbocycles. The van der Waals surface area contributed by atoms with Gasteiger partial charge < -0.3 is 0 Å². The Labute approximate surface area is 171 Å². The van der Waals surface area contributed by atoms with Gasteiger partial charge in [-0.15, -0.1) is 0 Å². The standard InChI is InChI=1S/C21H24ClN3O2S/c1-15-17(22)11-8-12-18(15)24-28(26,27)19-14-25(23-20(19)21(2,3)4)13-16-9-6-5-7-10-16/h5-12,14,24H,13H2,1-4H3. The second-order valence-electron chi connectivity index (χ2n) is 7.79. The number of rotatable bonds is 5. The van der Waals surface area contributed by atoms with Gasteiger partial charge in [-0.1, -0.05) is 68.8 Å². The first-order valence-electron chi connectivity index (χ1n) is 8.98. The maximum atomic E-state index is 13.2. The van der Waals surface area contributed by atoms with Gasteiger partial charge in [0.15, 0.2) is 0 Å². The van der Waals surface area contributed by atoms with Crippen LogP contribution in [-0.4, -0.2) is 18.2 Å². The average Bonchev–Trinajstić information content (AvgIpc) is 3.05. The van der Waals surface area contributed by atoms with Crippen molar-refractivity contribution < 1.29 is 8.42 Å². The number of benzene rings is 2. The highest BCUT2D eigenvalue weighted by atomic mass is 35.5. The molecule has 1 aromatic heterocycles. The fourth-order valence-corrected chi connectivity index (χ4v) is 4.55. The van der Waals surface area contributed by atoms with Crippen molar-refractivity contribution in [2.45, 2.75) is 44.6 Å². The summed E-state index contributed by atoms with van der Waals surface area (Å²) in [4.78, 5) is 0.176. The van der Waals surface area contributed by atoms with E-state index in [4.69, 9.17) is 11.6 Å². The molecule has 28 heavy (non-hydrogen) atoms. The summed E-state index contributed by atoms with van der Waals surface area (Å²) in [6.07, 6.45) is 1.59. The molecule has 0 unspecified atom stereocenters. The highest BCUT2D eigenvalue weighted by Crippen LogP contribution is 2.31. The van der Waals surface area contributed by atoms with Crippen molar-refractivity contribution in [3.63, 3.8) is 0 Å². The van der Waals surface area contributed by atoms with E-state index in [9.17, 15) is 8.42 Å². The minimum atomic E-state index is -3.83. The molecule has 0 amide bonds. The van der Waals surface area contributed by atoms with E-state index in [1.165, 1.54) is 0 Å². The predicted octanol–water partition coefficient (Wildman–Crippen LogP) is 4.99. The Bertz CT molecular complexity index is 1080. The summed E-state index contributed by atoms with van der Waals surface area (Å²) in [5.74, 6) is 0. The number of hydrogen-bond donors (Lipinski definition) is 1. The van der Waals surface area contributed by atoms with Crippen molar-refractivity contribution in [1.82, 2.24) is 9.78 Å². The number of hydrogen-bond acceptors (Lipinski definition) is 3. The molecular formula is C21H24ClN3O2S. The monoisotopic (exact) mass is 417 g/mol. The largest absolute Gasteiger partial charge is 0.279 e. The van der Waals surface area contributed by atoms with E-state index in [0.717, 1.165) is 5.56 Å². The van der Waals surface area contributed by atoms with Gasteiger partial charge in [-0.2, -0.15) is 5.10 Å². The van der Waals surface area contributed by atoms with E-state index in [1.807, 2.05) is 51.1 Å². The van der Waals surface area contributed by atoms with Crippen LogP contribution in [0.25, 0.3) is 0 Å². The number of halogens is 1. The second-order valence-corrected chi connectivity index (χ2v) is 9.85. The van der Waals surface area contributed by atoms with Gasteiger partial charge in [0.25, 0.3) is 10.0 Å². The van der Waals surface area contributed by atoms with Crippen molar-refractivity contribution >= 4 is 27.3 Å². The van der Waals surface area contributed by atoms with E-state index in [1.54, 1.807) is 36.0 Å². The van der Waals surface area contributed by atoms with Crippen LogP contribution in [0, 0.1) is 6.92 Å². The van der Waals surface area contributed by atoms with Gasteiger partial charge in [0.1, 0.15) is 4.90 Å². The smallest absolute Gasteiger partial charge is 0.265 e. The molecule has 3 rings (SSSR count). The number of nitrogens with zero attached hydrogens (tertiary/aromatic N) is 2. The van der Waals surface area contributed by atoms with Crippen LogP contribution in [0.15, 0.2) is 59.6 Å². The van der Waals surface area contributed by atoms with Crippen LogP contribution in [0.3, 0.4) is 0 Å². The Morgan fingerprint density at radius 1 is 1.07 bits per heavy atom. The van der Waals surface area contributed by atoms with Crippen LogP contribution in [0.5, 0.6) is 0 Å². The summed E-state index contributed by atoms with van der Waals surface area (Å²) in [5, 5.41) is 5.11. The first-order chi connectivity index (χ1) is 13.1. The molecule has 0 saturated heterocycles. The molecule has 0 bridgehead atoms. The van der Waals surface area contributed by atoms with Crippen molar-refractivity contribution in [3.05, 3.63) is 76.6 Å². The molecule has 0 aliphatic carbocycles. The average molecular weight is 418 g/mol. The second kappa shape index (κ2) is 7.60. The Balaban J connectivity index is 2.02. The van der Waals surface area contributed by atoms with Gasteiger partial charge in [-0.05, 0) is 30.2 Å². The van der Waals surface area contributed by atoms with Crippen molar-refractivity contribution in [3.8, 4) is 0 Å². The van der Waals surface area contributed by atoms with Crippen LogP contribution < -0.4 is 4.72 Å². The lowest BCUT2D eigenvalue weighted by Gasteiger charge is -2.18. The molecular weight excluding hydrogens is 394 g/mol. The van der Waals surface area contributed by atoms with Gasteiger partial charge in [-0.25, -0.2) is 8.42 Å². The fourth-order valence-electron chi connectivity index (χ4n) is 2.89. The zero-order valence-corrected chi connectivity index (χ0v) is 18.0. The number of aromatic nitrogens is 2. The van der Waals surface area contributed by atoms with Gasteiger partial charge in [0, 0.05) is 16.6 Å². The predicted molar refractivity (Wildman–Crippen MR) is 113 cm³/mol. The van der Waals surface area contributed by atoms with Crippen LogP contribution in [0.1, 0.15) is 37.6 Å². The summed E-state index contributed by atoms with van der Waals surface area (Å²) in [6.45, 7) is 8.13. The topological polar surface area (TPSA) is 64.0 Å². The number of nitrogens with one attached hydrogen (secondary N) is 1. The molecule has 0 fully saturated rings. The van der Waals surface area contributed by atoms with E-state index in [-0.39, 0.29) is 4.90 Å². The van der Waals surface area contributed by atoms with Gasteiger partial charge in [-0.3, -0.25) is 9.40 Å². The van der Waals surface area contributed by atoms with Gasteiger partial charge >= 0.3 is 0 Å². The molecule has 0 aliphatic rings. The molecule has 0 aliphatic heterocycles. The van der Waals surface area contributed by atoms with Gasteiger partial charge in [0.05, 0.1) is 17.9 Å². The van der Waals surface area contributed by atoms with Crippen LogP contribution in [0.2, 0.25) is 5.02 Å². The van der Waals surface area contributed by atoms with Crippen LogP contribution >= 0.6 is 11.6 Å². The van der Waals surface area contributed by atoms with Crippen molar-refractivity contribution in [1.29, 1.82) is 0 Å². The molecule has 1 heterocycles. The molecule has 5 nitrogen and oxygen atoms in total. The van der Waals surface area contributed by atoms with Crippen molar-refractivity contribution in [2.75, 3.05) is 4.72 Å². The minimum absolute atomic E-state index is 0.176. The molecule has 1 N–H and O–H groups in total. The first-order valence-corrected chi connectivity index (χ1v) is 10.8. The van der Waals surface area contributed by atoms with Gasteiger partial charge in [0.2, 0.25) is 0 Å². The molecule has 7 heteroatoms. The zero-order chi connectivity index (χ0) is 20.5. The lowest BCUT2D eigenvalue weighted by atomic mass is 9.92.